The molecule has 162 valence electrons. The molecule has 2 aliphatic heterocycles. The smallest absolute Gasteiger partial charge is 0.176 e. The van der Waals surface area contributed by atoms with E-state index in [0.29, 0.717) is 50.6 Å². The highest BCUT2D eigenvalue weighted by Crippen LogP contribution is 2.71. The van der Waals surface area contributed by atoms with E-state index < -0.39 is 17.7 Å². The van der Waals surface area contributed by atoms with Gasteiger partial charge >= 0.3 is 0 Å². The van der Waals surface area contributed by atoms with Gasteiger partial charge in [-0.1, -0.05) is 26.0 Å². The lowest BCUT2D eigenvalue weighted by atomic mass is 9.43. The summed E-state index contributed by atoms with van der Waals surface area (Å²) in [5, 5.41) is 0. The number of hydrogen-bond acceptors (Lipinski definition) is 4. The number of hydrogen-bond donors (Lipinski definition) is 0. The van der Waals surface area contributed by atoms with Crippen LogP contribution in [0.2, 0.25) is 0 Å². The van der Waals surface area contributed by atoms with Crippen molar-refractivity contribution in [1.29, 1.82) is 0 Å². The topological polar surface area (TPSA) is 36.9 Å². The summed E-state index contributed by atoms with van der Waals surface area (Å²) in [5.74, 6) is 0.183. The summed E-state index contributed by atoms with van der Waals surface area (Å²) in [6, 6.07) is 0. The van der Waals surface area contributed by atoms with Gasteiger partial charge in [0.1, 0.15) is 6.17 Å². The molecule has 6 aliphatic rings. The summed E-state index contributed by atoms with van der Waals surface area (Å²) in [5.41, 5.74) is 1.22. The molecule has 6 rings (SSSR count). The molecule has 0 N–H and O–H groups in total. The van der Waals surface area contributed by atoms with Gasteiger partial charge in [-0.2, -0.15) is 0 Å². The minimum absolute atomic E-state index is 0.00347. The Morgan fingerprint density at radius 2 is 1.62 bits per heavy atom. The maximum atomic E-state index is 15.7. The zero-order valence-electron chi connectivity index (χ0n) is 17.9. The van der Waals surface area contributed by atoms with Crippen LogP contribution in [0.3, 0.4) is 0 Å². The van der Waals surface area contributed by atoms with Gasteiger partial charge in [0.2, 0.25) is 0 Å². The normalized spacial score (nSPS) is 52.5. The molecule has 4 aliphatic carbocycles. The first-order valence-corrected chi connectivity index (χ1v) is 11.7. The van der Waals surface area contributed by atoms with Crippen molar-refractivity contribution in [2.75, 3.05) is 26.4 Å². The SMILES string of the molecule is C=C1CC2C(CCC3(C)C2C(F)CC32OCCO2)C2(C)CCC3(CC12)OCCO3. The maximum Gasteiger partial charge on any atom is 0.176 e. The van der Waals surface area contributed by atoms with Gasteiger partial charge in [0, 0.05) is 30.6 Å². The van der Waals surface area contributed by atoms with Crippen LogP contribution in [0, 0.1) is 34.5 Å². The first-order valence-electron chi connectivity index (χ1n) is 11.7. The monoisotopic (exact) mass is 406 g/mol. The molecule has 0 bridgehead atoms. The van der Waals surface area contributed by atoms with Gasteiger partial charge in [0.25, 0.3) is 0 Å². The van der Waals surface area contributed by atoms with Gasteiger partial charge in [-0.05, 0) is 48.9 Å². The molecule has 5 heteroatoms. The fraction of sp³-hybridized carbons (Fsp3) is 0.917. The Balaban J connectivity index is 1.34. The van der Waals surface area contributed by atoms with Crippen LogP contribution in [0.1, 0.15) is 58.8 Å². The van der Waals surface area contributed by atoms with Crippen molar-refractivity contribution in [3.05, 3.63) is 12.2 Å². The van der Waals surface area contributed by atoms with Gasteiger partial charge in [0.05, 0.1) is 26.4 Å². The summed E-state index contributed by atoms with van der Waals surface area (Å²) < 4.78 is 40.1. The Morgan fingerprint density at radius 3 is 2.34 bits per heavy atom. The van der Waals surface area contributed by atoms with Crippen molar-refractivity contribution in [2.45, 2.75) is 76.5 Å². The summed E-state index contributed by atoms with van der Waals surface area (Å²) in [4.78, 5) is 0. The van der Waals surface area contributed by atoms with E-state index in [1.54, 1.807) is 0 Å². The molecule has 2 saturated heterocycles. The van der Waals surface area contributed by atoms with Gasteiger partial charge in [-0.25, -0.2) is 4.39 Å². The van der Waals surface area contributed by atoms with Crippen LogP contribution in [0.15, 0.2) is 12.2 Å². The van der Waals surface area contributed by atoms with Gasteiger partial charge in [-0.15, -0.1) is 0 Å². The third kappa shape index (κ3) is 2.34. The van der Waals surface area contributed by atoms with Gasteiger partial charge < -0.3 is 18.9 Å². The van der Waals surface area contributed by atoms with Crippen molar-refractivity contribution in [3.8, 4) is 0 Å². The van der Waals surface area contributed by atoms with E-state index in [1.165, 1.54) is 5.57 Å². The molecule has 0 aromatic carbocycles. The molecule has 6 fully saturated rings. The van der Waals surface area contributed by atoms with Crippen LogP contribution in [-0.2, 0) is 18.9 Å². The standard InChI is InChI=1S/C24H35FO4/c1-15-12-16-17(21(2)6-7-23(13-18(15)21)26-8-9-27-23)4-5-22(3)20(16)19(25)14-24(22)28-10-11-29-24/h16-20H,1,4-14H2,2-3H3. The minimum atomic E-state index is -0.852. The van der Waals surface area contributed by atoms with Crippen LogP contribution in [-0.4, -0.2) is 44.2 Å². The summed E-state index contributed by atoms with van der Waals surface area (Å²) in [7, 11) is 0. The molecule has 0 amide bonds. The van der Waals surface area contributed by atoms with Crippen LogP contribution in [0.25, 0.3) is 0 Å². The molecule has 7 atom stereocenters. The number of fused-ring (bicyclic) bond motifs is 6. The van der Waals surface area contributed by atoms with E-state index in [1.807, 2.05) is 0 Å². The lowest BCUT2D eigenvalue weighted by Gasteiger charge is -2.62. The van der Waals surface area contributed by atoms with E-state index in [-0.39, 0.29) is 16.7 Å². The second-order valence-electron chi connectivity index (χ2n) is 11.2. The Labute approximate surface area is 173 Å². The summed E-state index contributed by atoms with van der Waals surface area (Å²) in [6.07, 6.45) is 5.55. The Bertz CT molecular complexity index is 712. The Hall–Kier alpha value is -0.490. The first-order chi connectivity index (χ1) is 13.8. The quantitative estimate of drug-likeness (QED) is 0.550. The highest BCUT2D eigenvalue weighted by atomic mass is 19.1. The van der Waals surface area contributed by atoms with Crippen molar-refractivity contribution >= 4 is 0 Å². The molecule has 0 radical (unpaired) electrons. The fourth-order valence-electron chi connectivity index (χ4n) is 8.82. The zero-order chi connectivity index (χ0) is 20.1. The third-order valence-corrected chi connectivity index (χ3v) is 10.2. The molecular formula is C24H35FO4. The first kappa shape index (κ1) is 19.2. The summed E-state index contributed by atoms with van der Waals surface area (Å²) in [6.45, 7) is 11.8. The van der Waals surface area contributed by atoms with Crippen molar-refractivity contribution in [2.24, 2.45) is 34.5 Å². The minimum Gasteiger partial charge on any atom is -0.348 e. The molecular weight excluding hydrogens is 371 g/mol. The fourth-order valence-corrected chi connectivity index (χ4v) is 8.82. The second-order valence-corrected chi connectivity index (χ2v) is 11.2. The molecule has 0 aromatic rings. The molecule has 7 unspecified atom stereocenters. The van der Waals surface area contributed by atoms with Crippen LogP contribution < -0.4 is 0 Å². The lowest BCUT2D eigenvalue weighted by molar-refractivity contribution is -0.253. The molecule has 4 saturated carbocycles. The number of halogens is 1. The van der Waals surface area contributed by atoms with Gasteiger partial charge in [0.15, 0.2) is 11.6 Å². The van der Waals surface area contributed by atoms with E-state index in [9.17, 15) is 0 Å². The maximum absolute atomic E-state index is 15.7. The highest BCUT2D eigenvalue weighted by molar-refractivity contribution is 5.23. The third-order valence-electron chi connectivity index (χ3n) is 10.2. The predicted octanol–water partition coefficient (Wildman–Crippen LogP) is 4.63. The Kier molecular flexibility index (Phi) is 4.01. The molecule has 4 nitrogen and oxygen atoms in total. The highest BCUT2D eigenvalue weighted by Gasteiger charge is 2.71. The zero-order valence-corrected chi connectivity index (χ0v) is 17.9. The predicted molar refractivity (Wildman–Crippen MR) is 106 cm³/mol. The van der Waals surface area contributed by atoms with Crippen molar-refractivity contribution < 1.29 is 23.3 Å². The molecule has 29 heavy (non-hydrogen) atoms. The van der Waals surface area contributed by atoms with Crippen LogP contribution in [0.5, 0.6) is 0 Å². The van der Waals surface area contributed by atoms with E-state index in [0.717, 1.165) is 38.5 Å². The molecule has 0 aromatic heterocycles. The molecule has 2 spiro atoms. The Morgan fingerprint density at radius 1 is 0.931 bits per heavy atom. The summed E-state index contributed by atoms with van der Waals surface area (Å²) >= 11 is 0. The van der Waals surface area contributed by atoms with E-state index >= 15 is 4.39 Å². The number of ether oxygens (including phenoxy) is 4. The van der Waals surface area contributed by atoms with Gasteiger partial charge in [-0.3, -0.25) is 0 Å². The number of rotatable bonds is 0. The van der Waals surface area contributed by atoms with E-state index in [4.69, 9.17) is 18.9 Å². The lowest BCUT2D eigenvalue weighted by Crippen LogP contribution is -2.59. The van der Waals surface area contributed by atoms with E-state index in [2.05, 4.69) is 20.4 Å². The second kappa shape index (κ2) is 6.05. The number of allylic oxidation sites excluding steroid dienone is 1. The number of alkyl halides is 1. The van der Waals surface area contributed by atoms with Crippen molar-refractivity contribution in [3.63, 3.8) is 0 Å². The average molecular weight is 407 g/mol. The average Bonchev–Trinajstić information content (AvgIpc) is 3.38. The van der Waals surface area contributed by atoms with Crippen molar-refractivity contribution in [1.82, 2.24) is 0 Å². The largest absolute Gasteiger partial charge is 0.348 e. The van der Waals surface area contributed by atoms with Crippen LogP contribution in [0.4, 0.5) is 4.39 Å². The molecule has 2 heterocycles. The van der Waals surface area contributed by atoms with Crippen LogP contribution >= 0.6 is 0 Å².